The predicted molar refractivity (Wildman–Crippen MR) is 67.8 cm³/mol. The fraction of sp³-hybridized carbons (Fsp3) is 0.500. The van der Waals surface area contributed by atoms with E-state index >= 15 is 0 Å². The van der Waals surface area contributed by atoms with E-state index in [1.54, 1.807) is 0 Å². The molecule has 2 rings (SSSR count). The third kappa shape index (κ3) is 3.09. The smallest absolute Gasteiger partial charge is 0.308 e. The van der Waals surface area contributed by atoms with Crippen molar-refractivity contribution in [1.82, 2.24) is 0 Å². The normalized spacial score (nSPS) is 23.0. The molecule has 4 heteroatoms. The number of hydrogen-bond acceptors (Lipinski definition) is 4. The Kier molecular flexibility index (Phi) is 4.33. The predicted octanol–water partition coefficient (Wildman–Crippen LogP) is 1.93. The molecule has 18 heavy (non-hydrogen) atoms. The molecule has 0 spiro atoms. The number of rotatable bonds is 3. The van der Waals surface area contributed by atoms with Gasteiger partial charge in [0.25, 0.3) is 0 Å². The average molecular weight is 249 g/mol. The molecule has 1 aliphatic heterocycles. The Morgan fingerprint density at radius 1 is 1.50 bits per heavy atom. The highest BCUT2D eigenvalue weighted by Gasteiger charge is 2.25. The zero-order valence-electron chi connectivity index (χ0n) is 10.6. The van der Waals surface area contributed by atoms with Gasteiger partial charge in [0.15, 0.2) is 0 Å². The molecule has 0 radical (unpaired) electrons. The van der Waals surface area contributed by atoms with Gasteiger partial charge in [0, 0.05) is 18.0 Å². The zero-order valence-corrected chi connectivity index (χ0v) is 10.6. The van der Waals surface area contributed by atoms with E-state index in [1.165, 1.54) is 0 Å². The number of nitrogens with two attached hydrogens (primary N) is 1. The molecular formula is C14H19NO3. The number of ether oxygens (including phenoxy) is 2. The minimum Gasteiger partial charge on any atom is -0.431 e. The van der Waals surface area contributed by atoms with Gasteiger partial charge in [-0.2, -0.15) is 0 Å². The van der Waals surface area contributed by atoms with Crippen LogP contribution in [0.25, 0.3) is 0 Å². The molecule has 4 nitrogen and oxygen atoms in total. The molecule has 0 amide bonds. The maximum Gasteiger partial charge on any atom is 0.308 e. The maximum absolute atomic E-state index is 11.6. The van der Waals surface area contributed by atoms with Gasteiger partial charge in [-0.1, -0.05) is 31.2 Å². The lowest BCUT2D eigenvalue weighted by Gasteiger charge is -2.18. The van der Waals surface area contributed by atoms with Crippen LogP contribution in [0.4, 0.5) is 0 Å². The zero-order chi connectivity index (χ0) is 13.0. The van der Waals surface area contributed by atoms with Crippen LogP contribution in [0.15, 0.2) is 24.3 Å². The Labute approximate surface area is 107 Å². The van der Waals surface area contributed by atoms with Crippen molar-refractivity contribution in [1.29, 1.82) is 0 Å². The molecule has 1 aromatic carbocycles. The van der Waals surface area contributed by atoms with E-state index in [0.29, 0.717) is 13.0 Å². The average Bonchev–Trinajstić information content (AvgIpc) is 2.50. The van der Waals surface area contributed by atoms with Crippen LogP contribution in [-0.2, 0) is 20.7 Å². The quantitative estimate of drug-likeness (QED) is 0.831. The van der Waals surface area contributed by atoms with Gasteiger partial charge in [0.05, 0.1) is 6.61 Å². The molecule has 2 unspecified atom stereocenters. The molecule has 1 aromatic rings. The molecule has 98 valence electrons. The molecule has 1 heterocycles. The van der Waals surface area contributed by atoms with Crippen molar-refractivity contribution in [2.24, 2.45) is 5.73 Å². The summed E-state index contributed by atoms with van der Waals surface area (Å²) in [6.07, 6.45) is 1.31. The second kappa shape index (κ2) is 5.98. The number of fused-ring (bicyclic) bond motifs is 1. The highest BCUT2D eigenvalue weighted by molar-refractivity contribution is 5.69. The van der Waals surface area contributed by atoms with Crippen molar-refractivity contribution in [3.05, 3.63) is 35.4 Å². The maximum atomic E-state index is 11.6. The van der Waals surface area contributed by atoms with Gasteiger partial charge >= 0.3 is 5.97 Å². The summed E-state index contributed by atoms with van der Waals surface area (Å²) in [5, 5.41) is 0. The lowest BCUT2D eigenvalue weighted by Crippen LogP contribution is -2.27. The first-order valence-electron chi connectivity index (χ1n) is 6.35. The van der Waals surface area contributed by atoms with E-state index in [-0.39, 0.29) is 12.0 Å². The second-order valence-corrected chi connectivity index (χ2v) is 4.57. The summed E-state index contributed by atoms with van der Waals surface area (Å²) in [5.74, 6) is -0.229. The molecule has 0 bridgehead atoms. The molecule has 1 aliphatic rings. The summed E-state index contributed by atoms with van der Waals surface area (Å²) in [4.78, 5) is 11.6. The van der Waals surface area contributed by atoms with E-state index < -0.39 is 6.29 Å². The fourth-order valence-corrected chi connectivity index (χ4v) is 2.07. The summed E-state index contributed by atoms with van der Waals surface area (Å²) in [5.41, 5.74) is 7.94. The highest BCUT2D eigenvalue weighted by Crippen LogP contribution is 2.27. The Hall–Kier alpha value is -1.39. The van der Waals surface area contributed by atoms with E-state index in [1.807, 2.05) is 31.2 Å². The molecule has 0 saturated heterocycles. The monoisotopic (exact) mass is 249 g/mol. The van der Waals surface area contributed by atoms with E-state index in [9.17, 15) is 4.79 Å². The van der Waals surface area contributed by atoms with E-state index in [0.717, 1.165) is 24.0 Å². The first kappa shape index (κ1) is 13.1. The van der Waals surface area contributed by atoms with Gasteiger partial charge in [0.1, 0.15) is 0 Å². The number of carbonyl (C=O) groups excluding carboxylic acids is 1. The van der Waals surface area contributed by atoms with Crippen LogP contribution >= 0.6 is 0 Å². The third-order valence-corrected chi connectivity index (χ3v) is 2.95. The Morgan fingerprint density at radius 2 is 2.28 bits per heavy atom. The second-order valence-electron chi connectivity index (χ2n) is 4.57. The SMILES string of the molecule is CCCC(=O)OC1OCC(N)Cc2ccccc21. The molecule has 0 saturated carbocycles. The van der Waals surface area contributed by atoms with Crippen molar-refractivity contribution in [3.8, 4) is 0 Å². The number of benzene rings is 1. The highest BCUT2D eigenvalue weighted by atomic mass is 16.7. The van der Waals surface area contributed by atoms with Gasteiger partial charge < -0.3 is 15.2 Å². The van der Waals surface area contributed by atoms with Crippen LogP contribution in [0.5, 0.6) is 0 Å². The van der Waals surface area contributed by atoms with Crippen LogP contribution < -0.4 is 5.73 Å². The fourth-order valence-electron chi connectivity index (χ4n) is 2.07. The van der Waals surface area contributed by atoms with Crippen molar-refractivity contribution in [2.75, 3.05) is 6.61 Å². The van der Waals surface area contributed by atoms with Crippen LogP contribution in [0.2, 0.25) is 0 Å². The minimum absolute atomic E-state index is 0.0546. The van der Waals surface area contributed by atoms with Crippen LogP contribution in [0.3, 0.4) is 0 Å². The van der Waals surface area contributed by atoms with Gasteiger partial charge in [-0.3, -0.25) is 4.79 Å². The first-order valence-corrected chi connectivity index (χ1v) is 6.35. The summed E-state index contributed by atoms with van der Waals surface area (Å²) in [7, 11) is 0. The first-order chi connectivity index (χ1) is 8.70. The third-order valence-electron chi connectivity index (χ3n) is 2.95. The number of carbonyl (C=O) groups is 1. The molecule has 2 N–H and O–H groups in total. The summed E-state index contributed by atoms with van der Waals surface area (Å²) in [6, 6.07) is 7.75. The molecule has 2 atom stereocenters. The van der Waals surface area contributed by atoms with E-state index in [4.69, 9.17) is 15.2 Å². The number of esters is 1. The van der Waals surface area contributed by atoms with E-state index in [2.05, 4.69) is 0 Å². The minimum atomic E-state index is -0.617. The topological polar surface area (TPSA) is 61.5 Å². The Bertz CT molecular complexity index is 419. The van der Waals surface area contributed by atoms with Gasteiger partial charge in [-0.05, 0) is 18.4 Å². The summed E-state index contributed by atoms with van der Waals surface area (Å²) in [6.45, 7) is 2.35. The van der Waals surface area contributed by atoms with Crippen LogP contribution in [-0.4, -0.2) is 18.6 Å². The molecule has 0 aromatic heterocycles. The molecule has 0 fully saturated rings. The summed E-state index contributed by atoms with van der Waals surface area (Å²) < 4.78 is 11.0. The lowest BCUT2D eigenvalue weighted by atomic mass is 10.0. The van der Waals surface area contributed by atoms with Gasteiger partial charge in [-0.15, -0.1) is 0 Å². The summed E-state index contributed by atoms with van der Waals surface area (Å²) >= 11 is 0. The molecule has 0 aliphatic carbocycles. The standard InChI is InChI=1S/C14H19NO3/c1-2-5-13(16)18-14-12-7-4-3-6-10(12)8-11(15)9-17-14/h3-4,6-7,11,14H,2,5,8-9,15H2,1H3. The Balaban J connectivity index is 2.18. The largest absolute Gasteiger partial charge is 0.431 e. The van der Waals surface area contributed by atoms with Crippen molar-refractivity contribution in [3.63, 3.8) is 0 Å². The number of hydrogen-bond donors (Lipinski definition) is 1. The molecular weight excluding hydrogens is 230 g/mol. The van der Waals surface area contributed by atoms with Crippen molar-refractivity contribution >= 4 is 5.97 Å². The van der Waals surface area contributed by atoms with Crippen molar-refractivity contribution < 1.29 is 14.3 Å². The van der Waals surface area contributed by atoms with Gasteiger partial charge in [-0.25, -0.2) is 0 Å². The Morgan fingerprint density at radius 3 is 3.06 bits per heavy atom. The van der Waals surface area contributed by atoms with Gasteiger partial charge in [0.2, 0.25) is 6.29 Å². The van der Waals surface area contributed by atoms with Crippen LogP contribution in [0, 0.1) is 0 Å². The van der Waals surface area contributed by atoms with Crippen molar-refractivity contribution in [2.45, 2.75) is 38.5 Å². The van der Waals surface area contributed by atoms with Crippen LogP contribution in [0.1, 0.15) is 37.2 Å². The lowest BCUT2D eigenvalue weighted by molar-refractivity contribution is -0.181.